The van der Waals surface area contributed by atoms with Gasteiger partial charge < -0.3 is 14.5 Å². The van der Waals surface area contributed by atoms with Crippen LogP contribution in [0.5, 0.6) is 5.75 Å². The summed E-state index contributed by atoms with van der Waals surface area (Å²) in [5, 5.41) is 0. The van der Waals surface area contributed by atoms with Crippen LogP contribution in [-0.4, -0.2) is 49.5 Å². The molecule has 0 aliphatic rings. The number of likely N-dealkylation sites (N-methyl/N-ethyl adjacent to an activating group) is 1. The van der Waals surface area contributed by atoms with Crippen molar-refractivity contribution in [1.82, 2.24) is 9.80 Å². The lowest BCUT2D eigenvalue weighted by Crippen LogP contribution is -2.38. The van der Waals surface area contributed by atoms with E-state index in [0.717, 1.165) is 23.4 Å². The van der Waals surface area contributed by atoms with Gasteiger partial charge in [-0.05, 0) is 44.3 Å². The first-order chi connectivity index (χ1) is 11.5. The Morgan fingerprint density at radius 1 is 1.00 bits per heavy atom. The first-order valence-corrected chi connectivity index (χ1v) is 8.20. The van der Waals surface area contributed by atoms with Crippen LogP contribution in [-0.2, 0) is 11.3 Å². The Hall–Kier alpha value is -2.33. The maximum Gasteiger partial charge on any atom is 0.260 e. The smallest absolute Gasteiger partial charge is 0.260 e. The van der Waals surface area contributed by atoms with Crippen molar-refractivity contribution >= 4 is 5.91 Å². The summed E-state index contributed by atoms with van der Waals surface area (Å²) in [5.74, 6) is 0.734. The molecule has 0 fully saturated rings. The minimum absolute atomic E-state index is 0.00205. The van der Waals surface area contributed by atoms with Gasteiger partial charge in [-0.15, -0.1) is 0 Å². The molecule has 0 spiro atoms. The fourth-order valence-electron chi connectivity index (χ4n) is 2.36. The van der Waals surface area contributed by atoms with Gasteiger partial charge in [0.2, 0.25) is 0 Å². The van der Waals surface area contributed by atoms with Crippen LogP contribution >= 0.6 is 0 Å². The Bertz CT molecular complexity index is 641. The molecule has 0 saturated carbocycles. The summed E-state index contributed by atoms with van der Waals surface area (Å²) in [5.41, 5.74) is 2.24. The summed E-state index contributed by atoms with van der Waals surface area (Å²) >= 11 is 0. The van der Waals surface area contributed by atoms with Crippen LogP contribution in [0.25, 0.3) is 0 Å². The van der Waals surface area contributed by atoms with E-state index in [1.807, 2.05) is 80.5 Å². The van der Waals surface area contributed by atoms with E-state index in [4.69, 9.17) is 4.74 Å². The lowest BCUT2D eigenvalue weighted by molar-refractivity contribution is -0.134. The van der Waals surface area contributed by atoms with Crippen LogP contribution in [0.15, 0.2) is 54.6 Å². The molecular formula is C20H26N2O2. The molecule has 4 nitrogen and oxygen atoms in total. The van der Waals surface area contributed by atoms with Crippen LogP contribution in [0.4, 0.5) is 0 Å². The van der Waals surface area contributed by atoms with Gasteiger partial charge in [-0.1, -0.05) is 42.5 Å². The molecule has 0 N–H and O–H groups in total. The molecular weight excluding hydrogens is 300 g/mol. The van der Waals surface area contributed by atoms with Gasteiger partial charge in [0.25, 0.3) is 5.91 Å². The first-order valence-electron chi connectivity index (χ1n) is 8.20. The van der Waals surface area contributed by atoms with Crippen molar-refractivity contribution < 1.29 is 9.53 Å². The Kier molecular flexibility index (Phi) is 6.82. The van der Waals surface area contributed by atoms with Gasteiger partial charge in [0.05, 0.1) is 0 Å². The highest BCUT2D eigenvalue weighted by atomic mass is 16.5. The molecule has 4 heteroatoms. The number of hydrogen-bond acceptors (Lipinski definition) is 3. The van der Waals surface area contributed by atoms with Crippen LogP contribution in [0.2, 0.25) is 0 Å². The predicted octanol–water partition coefficient (Wildman–Crippen LogP) is 2.96. The normalized spacial score (nSPS) is 10.7. The molecule has 0 aromatic heterocycles. The van der Waals surface area contributed by atoms with Crippen LogP contribution < -0.4 is 4.74 Å². The zero-order chi connectivity index (χ0) is 17.4. The lowest BCUT2D eigenvalue weighted by Gasteiger charge is -2.24. The maximum absolute atomic E-state index is 12.6. The Morgan fingerprint density at radius 3 is 2.42 bits per heavy atom. The summed E-state index contributed by atoms with van der Waals surface area (Å²) < 4.78 is 5.67. The van der Waals surface area contributed by atoms with Crippen molar-refractivity contribution in [2.24, 2.45) is 0 Å². The number of benzene rings is 2. The molecule has 128 valence electrons. The third-order valence-corrected chi connectivity index (χ3v) is 3.74. The quantitative estimate of drug-likeness (QED) is 0.748. The zero-order valence-corrected chi connectivity index (χ0v) is 14.7. The molecule has 0 aliphatic heterocycles. The fraction of sp³-hybridized carbons (Fsp3) is 0.350. The third-order valence-electron chi connectivity index (χ3n) is 3.74. The van der Waals surface area contributed by atoms with Gasteiger partial charge in [0.15, 0.2) is 6.61 Å². The average molecular weight is 326 g/mol. The molecule has 0 bridgehead atoms. The lowest BCUT2D eigenvalue weighted by atomic mass is 10.2. The second-order valence-electron chi connectivity index (χ2n) is 6.21. The van der Waals surface area contributed by atoms with Crippen molar-refractivity contribution in [1.29, 1.82) is 0 Å². The van der Waals surface area contributed by atoms with Crippen LogP contribution in [0.1, 0.15) is 11.1 Å². The minimum atomic E-state index is 0.00205. The number of ether oxygens (including phenoxy) is 1. The largest absolute Gasteiger partial charge is 0.484 e. The molecule has 2 rings (SSSR count). The predicted molar refractivity (Wildman–Crippen MR) is 97.1 cm³/mol. The van der Waals surface area contributed by atoms with Crippen molar-refractivity contribution in [2.75, 3.05) is 33.8 Å². The molecule has 0 radical (unpaired) electrons. The molecule has 0 unspecified atom stereocenters. The van der Waals surface area contributed by atoms with Crippen LogP contribution in [0, 0.1) is 6.92 Å². The van der Waals surface area contributed by atoms with E-state index in [0.29, 0.717) is 13.1 Å². The molecule has 24 heavy (non-hydrogen) atoms. The van der Waals surface area contributed by atoms with E-state index in [2.05, 4.69) is 4.90 Å². The molecule has 0 saturated heterocycles. The van der Waals surface area contributed by atoms with E-state index < -0.39 is 0 Å². The molecule has 0 heterocycles. The minimum Gasteiger partial charge on any atom is -0.484 e. The van der Waals surface area contributed by atoms with E-state index in [-0.39, 0.29) is 12.5 Å². The molecule has 2 aromatic rings. The Balaban J connectivity index is 1.97. The Morgan fingerprint density at radius 2 is 1.75 bits per heavy atom. The standard InChI is InChI=1S/C20H26N2O2/c1-17-8-7-11-19(14-17)24-16-20(23)22(13-12-21(2)3)15-18-9-5-4-6-10-18/h4-11,14H,12-13,15-16H2,1-3H3. The van der Waals surface area contributed by atoms with Crippen molar-refractivity contribution in [3.05, 3.63) is 65.7 Å². The third kappa shape index (κ3) is 6.05. The molecule has 0 aliphatic carbocycles. The molecule has 1 amide bonds. The number of rotatable bonds is 8. The van der Waals surface area contributed by atoms with E-state index >= 15 is 0 Å². The zero-order valence-electron chi connectivity index (χ0n) is 14.7. The fourth-order valence-corrected chi connectivity index (χ4v) is 2.36. The summed E-state index contributed by atoms with van der Waals surface area (Å²) in [7, 11) is 4.02. The second-order valence-corrected chi connectivity index (χ2v) is 6.21. The van der Waals surface area contributed by atoms with E-state index in [1.54, 1.807) is 0 Å². The monoisotopic (exact) mass is 326 g/mol. The van der Waals surface area contributed by atoms with Crippen molar-refractivity contribution in [3.63, 3.8) is 0 Å². The highest BCUT2D eigenvalue weighted by Crippen LogP contribution is 2.13. The number of amides is 1. The summed E-state index contributed by atoms with van der Waals surface area (Å²) in [6, 6.07) is 17.8. The van der Waals surface area contributed by atoms with E-state index in [1.165, 1.54) is 0 Å². The van der Waals surface area contributed by atoms with Crippen molar-refractivity contribution in [2.45, 2.75) is 13.5 Å². The summed E-state index contributed by atoms with van der Waals surface area (Å²) in [6.07, 6.45) is 0. The SMILES string of the molecule is Cc1cccc(OCC(=O)N(CCN(C)C)Cc2ccccc2)c1. The number of nitrogens with zero attached hydrogens (tertiary/aromatic N) is 2. The number of aryl methyl sites for hydroxylation is 1. The summed E-state index contributed by atoms with van der Waals surface area (Å²) in [4.78, 5) is 16.5. The van der Waals surface area contributed by atoms with Crippen LogP contribution in [0.3, 0.4) is 0 Å². The highest BCUT2D eigenvalue weighted by Gasteiger charge is 2.15. The molecule has 2 aromatic carbocycles. The van der Waals surface area contributed by atoms with Gasteiger partial charge in [-0.3, -0.25) is 4.79 Å². The number of carbonyl (C=O) groups is 1. The second kappa shape index (κ2) is 9.08. The van der Waals surface area contributed by atoms with Gasteiger partial charge in [0.1, 0.15) is 5.75 Å². The number of hydrogen-bond donors (Lipinski definition) is 0. The number of carbonyl (C=O) groups excluding carboxylic acids is 1. The van der Waals surface area contributed by atoms with E-state index in [9.17, 15) is 4.79 Å². The van der Waals surface area contributed by atoms with Gasteiger partial charge in [-0.2, -0.15) is 0 Å². The highest BCUT2D eigenvalue weighted by molar-refractivity contribution is 5.77. The molecule has 0 atom stereocenters. The van der Waals surface area contributed by atoms with Crippen molar-refractivity contribution in [3.8, 4) is 5.75 Å². The first kappa shape index (κ1) is 18.0. The maximum atomic E-state index is 12.6. The summed E-state index contributed by atoms with van der Waals surface area (Å²) in [6.45, 7) is 4.17. The van der Waals surface area contributed by atoms with Gasteiger partial charge >= 0.3 is 0 Å². The van der Waals surface area contributed by atoms with Gasteiger partial charge in [0, 0.05) is 19.6 Å². The van der Waals surface area contributed by atoms with Gasteiger partial charge in [-0.25, -0.2) is 0 Å². The topological polar surface area (TPSA) is 32.8 Å². The Labute approximate surface area is 144 Å². The average Bonchev–Trinajstić information content (AvgIpc) is 2.57.